The first-order valence-electron chi connectivity index (χ1n) is 7.97. The van der Waals surface area contributed by atoms with Crippen molar-refractivity contribution in [2.45, 2.75) is 66.1 Å². The molecule has 1 fully saturated rings. The van der Waals surface area contributed by atoms with Crippen LogP contribution in [0.3, 0.4) is 0 Å². The van der Waals surface area contributed by atoms with Gasteiger partial charge in [0.2, 0.25) is 0 Å². The maximum Gasteiger partial charge on any atom is 0.496 e. The van der Waals surface area contributed by atoms with E-state index in [4.69, 9.17) is 9.31 Å². The van der Waals surface area contributed by atoms with E-state index in [9.17, 15) is 4.79 Å². The summed E-state index contributed by atoms with van der Waals surface area (Å²) < 4.78 is 12.4. The van der Waals surface area contributed by atoms with E-state index >= 15 is 0 Å². The Hall–Kier alpha value is -1.20. The molecule has 1 unspecified atom stereocenters. The minimum absolute atomic E-state index is 0.0512. The van der Waals surface area contributed by atoms with E-state index in [1.165, 1.54) is 0 Å². The van der Waals surface area contributed by atoms with Gasteiger partial charge in [-0.2, -0.15) is 0 Å². The van der Waals surface area contributed by atoms with Crippen LogP contribution in [0.1, 0.15) is 64.0 Å². The van der Waals surface area contributed by atoms with Crippen molar-refractivity contribution >= 4 is 18.4 Å². The first kappa shape index (κ1) is 17.2. The van der Waals surface area contributed by atoms with Crippen LogP contribution in [-0.4, -0.2) is 29.1 Å². The molecule has 0 saturated carbocycles. The third-order valence-electron chi connectivity index (χ3n) is 5.06. The predicted molar refractivity (Wildman–Crippen MR) is 88.5 cm³/mol. The highest BCUT2D eigenvalue weighted by molar-refractivity contribution is 6.62. The van der Waals surface area contributed by atoms with Gasteiger partial charge in [0.25, 0.3) is 0 Å². The van der Waals surface area contributed by atoms with Crippen LogP contribution in [0.5, 0.6) is 0 Å². The summed E-state index contributed by atoms with van der Waals surface area (Å²) >= 11 is 0. The number of Topliss-reactive ketones (excluding diaryl/α,β-unsaturated/α-hetero) is 1. The van der Waals surface area contributed by atoms with Crippen molar-refractivity contribution in [2.24, 2.45) is 5.92 Å². The molecule has 0 aromatic carbocycles. The van der Waals surface area contributed by atoms with E-state index in [0.717, 1.165) is 11.0 Å². The Morgan fingerprint density at radius 3 is 2.41 bits per heavy atom. The molecule has 0 bridgehead atoms. The van der Waals surface area contributed by atoms with Gasteiger partial charge in [-0.25, -0.2) is 0 Å². The zero-order chi connectivity index (χ0) is 16.7. The predicted octanol–water partition coefficient (Wildman–Crippen LogP) is 2.92. The number of ketones is 1. The Bertz CT molecular complexity index is 585. The van der Waals surface area contributed by atoms with Gasteiger partial charge in [0.1, 0.15) is 5.69 Å². The molecule has 4 nitrogen and oxygen atoms in total. The van der Waals surface area contributed by atoms with E-state index in [0.29, 0.717) is 18.0 Å². The summed E-state index contributed by atoms with van der Waals surface area (Å²) in [6.45, 7) is 14.3. The maximum absolute atomic E-state index is 11.8. The molecule has 1 aliphatic heterocycles. The van der Waals surface area contributed by atoms with Crippen molar-refractivity contribution < 1.29 is 14.1 Å². The van der Waals surface area contributed by atoms with Crippen molar-refractivity contribution in [3.8, 4) is 0 Å². The number of pyridine rings is 1. The Kier molecular flexibility index (Phi) is 4.51. The zero-order valence-electron chi connectivity index (χ0n) is 14.7. The molecular formula is C17H26BNO3. The Morgan fingerprint density at radius 2 is 1.95 bits per heavy atom. The van der Waals surface area contributed by atoms with E-state index in [1.807, 2.05) is 19.9 Å². The lowest BCUT2D eigenvalue weighted by Crippen LogP contribution is -2.48. The van der Waals surface area contributed by atoms with Crippen LogP contribution < -0.4 is 5.46 Å². The molecule has 22 heavy (non-hydrogen) atoms. The number of carbonyl (C=O) groups excluding carboxylic acids is 1. The molecule has 2 rings (SSSR count). The molecule has 1 aliphatic rings. The van der Waals surface area contributed by atoms with Crippen molar-refractivity contribution in [1.29, 1.82) is 0 Å². The highest BCUT2D eigenvalue weighted by Crippen LogP contribution is 2.42. The van der Waals surface area contributed by atoms with Crippen molar-refractivity contribution in [3.63, 3.8) is 0 Å². The number of hydrogen-bond donors (Lipinski definition) is 0. The average molecular weight is 303 g/mol. The third kappa shape index (κ3) is 2.72. The van der Waals surface area contributed by atoms with Crippen LogP contribution in [-0.2, 0) is 9.31 Å². The summed E-state index contributed by atoms with van der Waals surface area (Å²) in [6.07, 6.45) is 2.17. The largest absolute Gasteiger partial charge is 0.496 e. The molecule has 2 heterocycles. The van der Waals surface area contributed by atoms with Crippen molar-refractivity contribution in [3.05, 3.63) is 23.5 Å². The lowest BCUT2D eigenvalue weighted by Gasteiger charge is -2.39. The van der Waals surface area contributed by atoms with Gasteiger partial charge in [0.15, 0.2) is 5.78 Å². The van der Waals surface area contributed by atoms with Gasteiger partial charge in [-0.3, -0.25) is 9.78 Å². The van der Waals surface area contributed by atoms with Crippen LogP contribution >= 0.6 is 0 Å². The second-order valence-electron chi connectivity index (χ2n) is 7.04. The minimum Gasteiger partial charge on any atom is -0.399 e. The number of aromatic nitrogens is 1. The molecule has 1 aromatic rings. The van der Waals surface area contributed by atoms with Gasteiger partial charge >= 0.3 is 7.12 Å². The minimum atomic E-state index is -0.444. The monoisotopic (exact) mass is 303 g/mol. The van der Waals surface area contributed by atoms with Gasteiger partial charge < -0.3 is 9.31 Å². The molecule has 0 amide bonds. The molecule has 1 atom stereocenters. The van der Waals surface area contributed by atoms with Gasteiger partial charge in [0.05, 0.1) is 11.2 Å². The second-order valence-corrected chi connectivity index (χ2v) is 7.04. The molecule has 0 spiro atoms. The van der Waals surface area contributed by atoms with Gasteiger partial charge in [-0.1, -0.05) is 20.8 Å². The standard InChI is InChI=1S/C17H26BNO3/c1-8-15(20)14-9-12(4)13(10-19-14)18-21-16(5,6)17(7,22-18)11(2)3/h9-11H,8H2,1-7H3. The fourth-order valence-electron chi connectivity index (χ4n) is 2.88. The molecule has 0 aliphatic carbocycles. The first-order valence-corrected chi connectivity index (χ1v) is 7.97. The van der Waals surface area contributed by atoms with E-state index in [-0.39, 0.29) is 11.4 Å². The fraction of sp³-hybridized carbons (Fsp3) is 0.647. The van der Waals surface area contributed by atoms with Crippen LogP contribution in [0.15, 0.2) is 12.3 Å². The highest BCUT2D eigenvalue weighted by atomic mass is 16.7. The SMILES string of the molecule is CCC(=O)c1cc(C)c(B2OC(C)(C)C(C)(C(C)C)O2)cn1. The molecular weight excluding hydrogens is 277 g/mol. The third-order valence-corrected chi connectivity index (χ3v) is 5.06. The fourth-order valence-corrected chi connectivity index (χ4v) is 2.88. The number of carbonyl (C=O) groups is 1. The van der Waals surface area contributed by atoms with Crippen LogP contribution in [0.4, 0.5) is 0 Å². The zero-order valence-corrected chi connectivity index (χ0v) is 14.7. The first-order chi connectivity index (χ1) is 10.1. The number of rotatable bonds is 4. The summed E-state index contributed by atoms with van der Waals surface area (Å²) in [6, 6.07) is 1.83. The highest BCUT2D eigenvalue weighted by Gasteiger charge is 2.56. The van der Waals surface area contributed by atoms with Crippen LogP contribution in [0.25, 0.3) is 0 Å². The molecule has 120 valence electrons. The van der Waals surface area contributed by atoms with Crippen LogP contribution in [0, 0.1) is 12.8 Å². The number of hydrogen-bond acceptors (Lipinski definition) is 4. The van der Waals surface area contributed by atoms with Crippen LogP contribution in [0.2, 0.25) is 0 Å². The summed E-state index contributed by atoms with van der Waals surface area (Å²) in [4.78, 5) is 16.1. The van der Waals surface area contributed by atoms with Gasteiger partial charge in [-0.15, -0.1) is 0 Å². The smallest absolute Gasteiger partial charge is 0.399 e. The number of nitrogens with zero attached hydrogens (tertiary/aromatic N) is 1. The lowest BCUT2D eigenvalue weighted by atomic mass is 9.77. The van der Waals surface area contributed by atoms with Gasteiger partial charge in [-0.05, 0) is 45.2 Å². The maximum atomic E-state index is 11.8. The second kappa shape index (κ2) is 5.78. The summed E-state index contributed by atoms with van der Waals surface area (Å²) in [5.74, 6) is 0.372. The normalized spacial score (nSPS) is 24.1. The molecule has 1 aromatic heterocycles. The van der Waals surface area contributed by atoms with E-state index < -0.39 is 12.7 Å². The van der Waals surface area contributed by atoms with Crippen molar-refractivity contribution in [1.82, 2.24) is 4.98 Å². The Morgan fingerprint density at radius 1 is 1.32 bits per heavy atom. The van der Waals surface area contributed by atoms with E-state index in [1.54, 1.807) is 6.20 Å². The summed E-state index contributed by atoms with van der Waals surface area (Å²) in [5.41, 5.74) is 1.61. The number of aryl methyl sites for hydroxylation is 1. The van der Waals surface area contributed by atoms with Crippen molar-refractivity contribution in [2.75, 3.05) is 0 Å². The average Bonchev–Trinajstić information content (AvgIpc) is 2.69. The van der Waals surface area contributed by atoms with E-state index in [2.05, 4.69) is 39.6 Å². The molecule has 0 radical (unpaired) electrons. The summed E-state index contributed by atoms with van der Waals surface area (Å²) in [5, 5.41) is 0. The quantitative estimate of drug-likeness (QED) is 0.634. The molecule has 5 heteroatoms. The summed E-state index contributed by atoms with van der Waals surface area (Å²) in [7, 11) is -0.444. The topological polar surface area (TPSA) is 48.4 Å². The molecule has 0 N–H and O–H groups in total. The molecule has 1 saturated heterocycles. The van der Waals surface area contributed by atoms with Gasteiger partial charge in [0, 0.05) is 18.1 Å². The lowest BCUT2D eigenvalue weighted by molar-refractivity contribution is -0.0435. The Labute approximate surface area is 133 Å². The Balaban J connectivity index is 2.33.